The quantitative estimate of drug-likeness (QED) is 0.570. The molecule has 0 saturated carbocycles. The molecule has 0 saturated heterocycles. The molecule has 0 atom stereocenters. The highest BCUT2D eigenvalue weighted by atomic mass is 32.1. The van der Waals surface area contributed by atoms with E-state index in [0.717, 1.165) is 32.7 Å². The number of benzene rings is 2. The van der Waals surface area contributed by atoms with Crippen LogP contribution in [0.5, 0.6) is 0 Å². The van der Waals surface area contributed by atoms with Crippen LogP contribution in [0.3, 0.4) is 0 Å². The average molecular weight is 347 g/mol. The number of aromatic amines is 1. The lowest BCUT2D eigenvalue weighted by Crippen LogP contribution is -2.22. The topological polar surface area (TPSA) is 57.8 Å². The van der Waals surface area contributed by atoms with Gasteiger partial charge in [0.25, 0.3) is 5.91 Å². The summed E-state index contributed by atoms with van der Waals surface area (Å²) in [6, 6.07) is 17.9. The number of carbonyl (C=O) groups is 1. The van der Waals surface area contributed by atoms with Crippen molar-refractivity contribution >= 4 is 28.1 Å². The van der Waals surface area contributed by atoms with Crippen molar-refractivity contribution in [3.05, 3.63) is 76.9 Å². The van der Waals surface area contributed by atoms with E-state index < -0.39 is 0 Å². The first kappa shape index (κ1) is 15.6. The van der Waals surface area contributed by atoms with Gasteiger partial charge in [-0.2, -0.15) is 0 Å². The molecule has 4 rings (SSSR count). The molecule has 0 bridgehead atoms. The predicted octanol–water partition coefficient (Wildman–Crippen LogP) is 4.53. The number of nitrogens with one attached hydrogen (secondary N) is 2. The molecule has 2 aromatic heterocycles. The van der Waals surface area contributed by atoms with Gasteiger partial charge in [-0.25, -0.2) is 4.98 Å². The number of rotatable bonds is 4. The van der Waals surface area contributed by atoms with E-state index in [0.29, 0.717) is 12.2 Å². The van der Waals surface area contributed by atoms with E-state index in [9.17, 15) is 4.79 Å². The fraction of sp³-hybridized carbons (Fsp3) is 0.100. The molecule has 0 aliphatic heterocycles. The summed E-state index contributed by atoms with van der Waals surface area (Å²) in [4.78, 5) is 20.0. The van der Waals surface area contributed by atoms with Crippen molar-refractivity contribution in [1.29, 1.82) is 0 Å². The summed E-state index contributed by atoms with van der Waals surface area (Å²) in [5.41, 5.74) is 4.74. The van der Waals surface area contributed by atoms with Gasteiger partial charge < -0.3 is 10.3 Å². The molecule has 0 spiro atoms. The number of hydrogen-bond acceptors (Lipinski definition) is 3. The van der Waals surface area contributed by atoms with E-state index in [1.165, 1.54) is 0 Å². The molecule has 2 aromatic carbocycles. The van der Waals surface area contributed by atoms with Crippen molar-refractivity contribution in [1.82, 2.24) is 15.3 Å². The molecular weight excluding hydrogens is 330 g/mol. The second-order valence-corrected chi connectivity index (χ2v) is 6.80. The third-order valence-electron chi connectivity index (χ3n) is 4.05. The number of fused-ring (bicyclic) bond motifs is 1. The number of aryl methyl sites for hydroxylation is 1. The summed E-state index contributed by atoms with van der Waals surface area (Å²) in [5, 5.41) is 7.06. The zero-order chi connectivity index (χ0) is 17.2. The van der Waals surface area contributed by atoms with E-state index in [1.807, 2.05) is 66.9 Å². The molecule has 25 heavy (non-hydrogen) atoms. The van der Waals surface area contributed by atoms with Crippen LogP contribution in [0.2, 0.25) is 0 Å². The molecule has 0 fully saturated rings. The molecular formula is C20H17N3OS. The molecule has 2 heterocycles. The zero-order valence-corrected chi connectivity index (χ0v) is 14.6. The van der Waals surface area contributed by atoms with Gasteiger partial charge >= 0.3 is 0 Å². The minimum atomic E-state index is -0.101. The molecule has 0 unspecified atom stereocenters. The number of nitrogens with zero attached hydrogens (tertiary/aromatic N) is 1. The highest BCUT2D eigenvalue weighted by Crippen LogP contribution is 2.23. The van der Waals surface area contributed by atoms with Crippen LogP contribution >= 0.6 is 11.3 Å². The number of thiazole rings is 1. The summed E-state index contributed by atoms with van der Waals surface area (Å²) in [6.07, 6.45) is 0. The Labute approximate surface area is 149 Å². The molecule has 0 aliphatic carbocycles. The maximum atomic E-state index is 12.3. The second kappa shape index (κ2) is 6.53. The Morgan fingerprint density at radius 2 is 1.96 bits per heavy atom. The number of hydrogen-bond donors (Lipinski definition) is 2. The Bertz CT molecular complexity index is 997. The SMILES string of the molecule is Cc1csc(-c2ccc(CNC(=O)c3cc4ccccc4[nH]3)cc2)n1. The van der Waals surface area contributed by atoms with Crippen LogP contribution in [0, 0.1) is 6.92 Å². The maximum absolute atomic E-state index is 12.3. The van der Waals surface area contributed by atoms with Crippen LogP contribution < -0.4 is 5.32 Å². The van der Waals surface area contributed by atoms with Crippen LogP contribution in [-0.2, 0) is 6.54 Å². The van der Waals surface area contributed by atoms with Gasteiger partial charge in [-0.15, -0.1) is 11.3 Å². The first-order valence-corrected chi connectivity index (χ1v) is 8.94. The maximum Gasteiger partial charge on any atom is 0.267 e. The smallest absolute Gasteiger partial charge is 0.267 e. The minimum Gasteiger partial charge on any atom is -0.351 e. The molecule has 4 nitrogen and oxygen atoms in total. The van der Waals surface area contributed by atoms with Gasteiger partial charge in [-0.1, -0.05) is 42.5 Å². The van der Waals surface area contributed by atoms with Gasteiger partial charge in [0.2, 0.25) is 0 Å². The number of para-hydroxylation sites is 1. The van der Waals surface area contributed by atoms with Crippen LogP contribution in [0.25, 0.3) is 21.5 Å². The molecule has 0 aliphatic rings. The van der Waals surface area contributed by atoms with Gasteiger partial charge in [0.05, 0.1) is 0 Å². The van der Waals surface area contributed by atoms with Crippen LogP contribution in [0.15, 0.2) is 60.0 Å². The minimum absolute atomic E-state index is 0.101. The Morgan fingerprint density at radius 3 is 2.68 bits per heavy atom. The molecule has 124 valence electrons. The monoisotopic (exact) mass is 347 g/mol. The van der Waals surface area contributed by atoms with Crippen molar-refractivity contribution in [3.8, 4) is 10.6 Å². The molecule has 2 N–H and O–H groups in total. The summed E-state index contributed by atoms with van der Waals surface area (Å²) in [7, 11) is 0. The Hall–Kier alpha value is -2.92. The van der Waals surface area contributed by atoms with E-state index in [1.54, 1.807) is 11.3 Å². The number of amides is 1. The first-order chi connectivity index (χ1) is 12.2. The molecule has 4 aromatic rings. The van der Waals surface area contributed by atoms with E-state index in [2.05, 4.69) is 15.3 Å². The van der Waals surface area contributed by atoms with E-state index in [4.69, 9.17) is 0 Å². The van der Waals surface area contributed by atoms with Crippen LogP contribution in [0.4, 0.5) is 0 Å². The third-order valence-corrected chi connectivity index (χ3v) is 5.06. The van der Waals surface area contributed by atoms with Crippen molar-refractivity contribution in [2.45, 2.75) is 13.5 Å². The summed E-state index contributed by atoms with van der Waals surface area (Å²) < 4.78 is 0. The van der Waals surface area contributed by atoms with E-state index >= 15 is 0 Å². The molecule has 1 amide bonds. The summed E-state index contributed by atoms with van der Waals surface area (Å²) >= 11 is 1.64. The lowest BCUT2D eigenvalue weighted by Gasteiger charge is -2.05. The Morgan fingerprint density at radius 1 is 1.16 bits per heavy atom. The first-order valence-electron chi connectivity index (χ1n) is 8.06. The fourth-order valence-corrected chi connectivity index (χ4v) is 3.53. The van der Waals surface area contributed by atoms with Gasteiger partial charge in [0.1, 0.15) is 10.7 Å². The Kier molecular flexibility index (Phi) is 4.07. The van der Waals surface area contributed by atoms with Gasteiger partial charge in [0.15, 0.2) is 0 Å². The molecule has 0 radical (unpaired) electrons. The standard InChI is InChI=1S/C20H17N3OS/c1-13-12-25-20(22-13)15-8-6-14(7-9-15)11-21-19(24)18-10-16-4-2-3-5-17(16)23-18/h2-10,12,23H,11H2,1H3,(H,21,24). The second-order valence-electron chi connectivity index (χ2n) is 5.94. The van der Waals surface area contributed by atoms with Crippen molar-refractivity contribution in [2.75, 3.05) is 0 Å². The van der Waals surface area contributed by atoms with Crippen LogP contribution in [-0.4, -0.2) is 15.9 Å². The fourth-order valence-electron chi connectivity index (χ4n) is 2.72. The van der Waals surface area contributed by atoms with Gasteiger partial charge in [-0.3, -0.25) is 4.79 Å². The summed E-state index contributed by atoms with van der Waals surface area (Å²) in [6.45, 7) is 2.49. The number of H-pyrrole nitrogens is 1. The predicted molar refractivity (Wildman–Crippen MR) is 102 cm³/mol. The lowest BCUT2D eigenvalue weighted by molar-refractivity contribution is 0.0947. The highest BCUT2D eigenvalue weighted by molar-refractivity contribution is 7.13. The van der Waals surface area contributed by atoms with Crippen molar-refractivity contribution < 1.29 is 4.79 Å². The van der Waals surface area contributed by atoms with Gasteiger partial charge in [-0.05, 0) is 24.6 Å². The van der Waals surface area contributed by atoms with Gasteiger partial charge in [0, 0.05) is 34.1 Å². The largest absolute Gasteiger partial charge is 0.351 e. The van der Waals surface area contributed by atoms with Crippen LogP contribution in [0.1, 0.15) is 21.7 Å². The highest BCUT2D eigenvalue weighted by Gasteiger charge is 2.09. The van der Waals surface area contributed by atoms with Crippen molar-refractivity contribution in [3.63, 3.8) is 0 Å². The lowest BCUT2D eigenvalue weighted by atomic mass is 10.1. The molecule has 5 heteroatoms. The third kappa shape index (κ3) is 3.32. The average Bonchev–Trinajstić information content (AvgIpc) is 3.26. The Balaban J connectivity index is 1.43. The summed E-state index contributed by atoms with van der Waals surface area (Å²) in [5.74, 6) is -0.101. The zero-order valence-electron chi connectivity index (χ0n) is 13.7. The van der Waals surface area contributed by atoms with Crippen molar-refractivity contribution in [2.24, 2.45) is 0 Å². The number of aromatic nitrogens is 2. The number of carbonyl (C=O) groups excluding carboxylic acids is 1. The normalized spacial score (nSPS) is 10.9. The van der Waals surface area contributed by atoms with E-state index in [-0.39, 0.29) is 5.91 Å².